The summed E-state index contributed by atoms with van der Waals surface area (Å²) in [5.41, 5.74) is 4.89. The van der Waals surface area contributed by atoms with Crippen molar-refractivity contribution in [3.8, 4) is 0 Å². The highest BCUT2D eigenvalue weighted by molar-refractivity contribution is 7.80. The van der Waals surface area contributed by atoms with Crippen LogP contribution in [0.2, 0.25) is 10.0 Å². The molecule has 0 saturated heterocycles. The maximum atomic E-state index is 11.7. The van der Waals surface area contributed by atoms with E-state index in [-0.39, 0.29) is 21.6 Å². The molecule has 1 aromatic carbocycles. The first-order valence-electron chi connectivity index (χ1n) is 4.73. The highest BCUT2D eigenvalue weighted by Gasteiger charge is 2.10. The molecule has 5 nitrogen and oxygen atoms in total. The molecule has 1 rings (SSSR count). The molecular formula is C10H9Cl2N3O2S. The van der Waals surface area contributed by atoms with E-state index in [9.17, 15) is 9.59 Å². The van der Waals surface area contributed by atoms with Gasteiger partial charge in [0, 0.05) is 11.9 Å². The first-order valence-corrected chi connectivity index (χ1v) is 5.89. The number of nitrogens with one attached hydrogen (secondary N) is 3. The van der Waals surface area contributed by atoms with Gasteiger partial charge in [-0.2, -0.15) is 0 Å². The summed E-state index contributed by atoms with van der Waals surface area (Å²) in [6.45, 7) is 1.30. The van der Waals surface area contributed by atoms with E-state index in [1.807, 2.05) is 0 Å². The minimum absolute atomic E-state index is 0.0130. The van der Waals surface area contributed by atoms with E-state index in [4.69, 9.17) is 35.4 Å². The third kappa shape index (κ3) is 4.48. The molecule has 18 heavy (non-hydrogen) atoms. The fraction of sp³-hybridized carbons (Fsp3) is 0.100. The summed E-state index contributed by atoms with van der Waals surface area (Å²) in [6, 6.07) is 4.46. The van der Waals surface area contributed by atoms with Crippen molar-refractivity contribution in [2.75, 3.05) is 0 Å². The van der Waals surface area contributed by atoms with Gasteiger partial charge in [0.2, 0.25) is 5.91 Å². The Morgan fingerprint density at radius 1 is 1.22 bits per heavy atom. The number of carbonyl (C=O) groups excluding carboxylic acids is 2. The van der Waals surface area contributed by atoms with Gasteiger partial charge >= 0.3 is 0 Å². The van der Waals surface area contributed by atoms with Crippen molar-refractivity contribution in [3.63, 3.8) is 0 Å². The first kappa shape index (κ1) is 14.7. The van der Waals surface area contributed by atoms with Gasteiger partial charge in [-0.3, -0.25) is 20.4 Å². The second kappa shape index (κ2) is 6.53. The average Bonchev–Trinajstić information content (AvgIpc) is 2.25. The second-order valence-electron chi connectivity index (χ2n) is 3.21. The number of benzene rings is 1. The predicted octanol–water partition coefficient (Wildman–Crippen LogP) is 1.65. The van der Waals surface area contributed by atoms with Crippen LogP contribution in [0.5, 0.6) is 0 Å². The number of thiocarbonyl (C=S) groups is 1. The van der Waals surface area contributed by atoms with Crippen molar-refractivity contribution < 1.29 is 9.59 Å². The zero-order valence-electron chi connectivity index (χ0n) is 9.21. The molecule has 0 aliphatic heterocycles. The van der Waals surface area contributed by atoms with Gasteiger partial charge in [0.1, 0.15) is 0 Å². The summed E-state index contributed by atoms with van der Waals surface area (Å²) < 4.78 is 0. The predicted molar refractivity (Wildman–Crippen MR) is 73.5 cm³/mol. The minimum atomic E-state index is -0.496. The summed E-state index contributed by atoms with van der Waals surface area (Å²) in [7, 11) is 0. The average molecular weight is 306 g/mol. The van der Waals surface area contributed by atoms with E-state index in [1.54, 1.807) is 0 Å². The van der Waals surface area contributed by atoms with Gasteiger partial charge in [0.25, 0.3) is 5.91 Å². The smallest absolute Gasteiger partial charge is 0.271 e. The largest absolute Gasteiger partial charge is 0.302 e. The molecule has 8 heteroatoms. The van der Waals surface area contributed by atoms with Gasteiger partial charge in [0.05, 0.1) is 10.6 Å². The Hall–Kier alpha value is -1.37. The van der Waals surface area contributed by atoms with Crippen LogP contribution in [-0.2, 0) is 4.79 Å². The maximum Gasteiger partial charge on any atom is 0.271 e. The lowest BCUT2D eigenvalue weighted by molar-refractivity contribution is -0.117. The lowest BCUT2D eigenvalue weighted by Crippen LogP contribution is -2.48. The van der Waals surface area contributed by atoms with E-state index in [2.05, 4.69) is 16.2 Å². The number of amides is 2. The lowest BCUT2D eigenvalue weighted by atomic mass is 10.2. The molecule has 0 spiro atoms. The Bertz CT molecular complexity index is 508. The number of halogens is 2. The zero-order chi connectivity index (χ0) is 13.7. The summed E-state index contributed by atoms with van der Waals surface area (Å²) >= 11 is 16.3. The monoisotopic (exact) mass is 305 g/mol. The van der Waals surface area contributed by atoms with Crippen LogP contribution in [0.1, 0.15) is 17.3 Å². The van der Waals surface area contributed by atoms with Gasteiger partial charge in [-0.15, -0.1) is 0 Å². The van der Waals surface area contributed by atoms with Gasteiger partial charge in [-0.25, -0.2) is 0 Å². The highest BCUT2D eigenvalue weighted by atomic mass is 35.5. The normalized spacial score (nSPS) is 9.50. The number of rotatable bonds is 1. The Balaban J connectivity index is 2.60. The van der Waals surface area contributed by atoms with Crippen molar-refractivity contribution in [1.29, 1.82) is 0 Å². The summed E-state index contributed by atoms with van der Waals surface area (Å²) in [4.78, 5) is 22.4. The van der Waals surface area contributed by atoms with Crippen LogP contribution < -0.4 is 16.2 Å². The Morgan fingerprint density at radius 3 is 2.44 bits per heavy atom. The Kier molecular flexibility index (Phi) is 5.33. The first-order chi connectivity index (χ1) is 8.40. The van der Waals surface area contributed by atoms with Crippen LogP contribution in [0.25, 0.3) is 0 Å². The molecule has 2 amide bonds. The molecule has 3 N–H and O–H groups in total. The van der Waals surface area contributed by atoms with Crippen LogP contribution in [-0.4, -0.2) is 16.9 Å². The maximum absolute atomic E-state index is 11.7. The standard InChI is InChI=1S/C10H9Cl2N3O2S/c1-5(16)13-10(18)15-14-9(17)7-3-2-6(11)4-8(7)12/h2-4H,1H3,(H,14,17)(H2,13,15,16,18). The topological polar surface area (TPSA) is 70.2 Å². The molecule has 0 aliphatic rings. The van der Waals surface area contributed by atoms with Gasteiger partial charge in [0.15, 0.2) is 5.11 Å². The molecule has 0 atom stereocenters. The van der Waals surface area contributed by atoms with E-state index in [0.29, 0.717) is 5.02 Å². The van der Waals surface area contributed by atoms with Gasteiger partial charge in [-0.05, 0) is 30.4 Å². The van der Waals surface area contributed by atoms with Crippen molar-refractivity contribution >= 4 is 52.3 Å². The highest BCUT2D eigenvalue weighted by Crippen LogP contribution is 2.20. The van der Waals surface area contributed by atoms with Crippen LogP contribution >= 0.6 is 35.4 Å². The number of carbonyl (C=O) groups is 2. The summed E-state index contributed by atoms with van der Waals surface area (Å²) in [5.74, 6) is -0.837. The molecule has 0 radical (unpaired) electrons. The molecule has 0 saturated carbocycles. The molecular weight excluding hydrogens is 297 g/mol. The third-order valence-electron chi connectivity index (χ3n) is 1.75. The van der Waals surface area contributed by atoms with Crippen molar-refractivity contribution in [2.45, 2.75) is 6.92 Å². The third-order valence-corrected chi connectivity index (χ3v) is 2.51. The van der Waals surface area contributed by atoms with Gasteiger partial charge < -0.3 is 5.32 Å². The number of hydrogen-bond acceptors (Lipinski definition) is 3. The second-order valence-corrected chi connectivity index (χ2v) is 4.47. The van der Waals surface area contributed by atoms with Crippen molar-refractivity contribution in [3.05, 3.63) is 33.8 Å². The molecule has 0 heterocycles. The molecule has 0 bridgehead atoms. The molecule has 0 aromatic heterocycles. The van der Waals surface area contributed by atoms with Crippen LogP contribution in [0, 0.1) is 0 Å². The quantitative estimate of drug-likeness (QED) is 0.545. The van der Waals surface area contributed by atoms with Crippen LogP contribution in [0.4, 0.5) is 0 Å². The fourth-order valence-corrected chi connectivity index (χ4v) is 1.73. The van der Waals surface area contributed by atoms with E-state index in [1.165, 1.54) is 25.1 Å². The number of hydrogen-bond donors (Lipinski definition) is 3. The van der Waals surface area contributed by atoms with Crippen molar-refractivity contribution in [1.82, 2.24) is 16.2 Å². The number of hydrazine groups is 1. The minimum Gasteiger partial charge on any atom is -0.302 e. The molecule has 0 unspecified atom stereocenters. The van der Waals surface area contributed by atoms with Crippen molar-refractivity contribution in [2.24, 2.45) is 0 Å². The van der Waals surface area contributed by atoms with E-state index < -0.39 is 5.91 Å². The SMILES string of the molecule is CC(=O)NC(=S)NNC(=O)c1ccc(Cl)cc1Cl. The van der Waals surface area contributed by atoms with Gasteiger partial charge in [-0.1, -0.05) is 23.2 Å². The summed E-state index contributed by atoms with van der Waals surface area (Å²) in [5, 5.41) is 2.92. The Morgan fingerprint density at radius 2 is 1.89 bits per heavy atom. The zero-order valence-corrected chi connectivity index (χ0v) is 11.5. The molecule has 0 fully saturated rings. The molecule has 1 aromatic rings. The molecule has 0 aliphatic carbocycles. The van der Waals surface area contributed by atoms with Crippen LogP contribution in [0.3, 0.4) is 0 Å². The van der Waals surface area contributed by atoms with Crippen LogP contribution in [0.15, 0.2) is 18.2 Å². The lowest BCUT2D eigenvalue weighted by Gasteiger charge is -2.10. The summed E-state index contributed by atoms with van der Waals surface area (Å²) in [6.07, 6.45) is 0. The van der Waals surface area contributed by atoms with E-state index >= 15 is 0 Å². The van der Waals surface area contributed by atoms with E-state index in [0.717, 1.165) is 0 Å². The molecule has 96 valence electrons. The Labute approximate surface area is 119 Å². The fourth-order valence-electron chi connectivity index (χ4n) is 1.05.